The molecule has 3 aromatic rings. The number of hydrogen-bond acceptors (Lipinski definition) is 6. The summed E-state index contributed by atoms with van der Waals surface area (Å²) in [5.41, 5.74) is 2.16. The Labute approximate surface area is 205 Å². The Morgan fingerprint density at radius 3 is 2.26 bits per heavy atom. The van der Waals surface area contributed by atoms with Crippen LogP contribution in [0.15, 0.2) is 77.7 Å². The number of rotatable bonds is 9. The monoisotopic (exact) mass is 496 g/mol. The van der Waals surface area contributed by atoms with E-state index in [0.717, 1.165) is 16.3 Å². The standard InChI is InChI=1S/C26H28N2O6S/c1-5-19-9-11-21(12-10-19)27-25(29)18(2)34-26(30)20-7-6-8-24(17-20)35(31,32)28(3)22-13-15-23(33-4)16-14-22/h6-18H,5H2,1-4H3,(H,27,29). The predicted molar refractivity (Wildman–Crippen MR) is 134 cm³/mol. The number of hydrogen-bond donors (Lipinski definition) is 1. The van der Waals surface area contributed by atoms with Crippen molar-refractivity contribution in [1.82, 2.24) is 0 Å². The molecule has 0 bridgehead atoms. The Kier molecular flexibility index (Phi) is 8.14. The maximum atomic E-state index is 13.1. The number of carbonyl (C=O) groups excluding carboxylic acids is 2. The Balaban J connectivity index is 1.70. The van der Waals surface area contributed by atoms with Crippen LogP contribution < -0.4 is 14.4 Å². The fourth-order valence-corrected chi connectivity index (χ4v) is 4.46. The molecule has 1 unspecified atom stereocenters. The minimum absolute atomic E-state index is 0.0150. The van der Waals surface area contributed by atoms with Crippen molar-refractivity contribution in [2.24, 2.45) is 0 Å². The molecule has 1 N–H and O–H groups in total. The van der Waals surface area contributed by atoms with Crippen molar-refractivity contribution in [3.05, 3.63) is 83.9 Å². The van der Waals surface area contributed by atoms with Gasteiger partial charge in [0.1, 0.15) is 5.75 Å². The molecule has 1 atom stereocenters. The van der Waals surface area contributed by atoms with Gasteiger partial charge in [-0.05, 0) is 73.5 Å². The first-order valence-electron chi connectivity index (χ1n) is 11.0. The van der Waals surface area contributed by atoms with Crippen LogP contribution in [0.3, 0.4) is 0 Å². The van der Waals surface area contributed by atoms with E-state index in [9.17, 15) is 18.0 Å². The molecular weight excluding hydrogens is 468 g/mol. The summed E-state index contributed by atoms with van der Waals surface area (Å²) in [7, 11) is -1.01. The molecule has 0 heterocycles. The average Bonchev–Trinajstić information content (AvgIpc) is 2.88. The second-order valence-electron chi connectivity index (χ2n) is 7.79. The van der Waals surface area contributed by atoms with E-state index >= 15 is 0 Å². The summed E-state index contributed by atoms with van der Waals surface area (Å²) >= 11 is 0. The lowest BCUT2D eigenvalue weighted by Crippen LogP contribution is -2.30. The van der Waals surface area contributed by atoms with Gasteiger partial charge in [0.25, 0.3) is 15.9 Å². The molecule has 3 aromatic carbocycles. The summed E-state index contributed by atoms with van der Waals surface area (Å²) in [6.45, 7) is 3.48. The van der Waals surface area contributed by atoms with Gasteiger partial charge >= 0.3 is 5.97 Å². The minimum Gasteiger partial charge on any atom is -0.497 e. The minimum atomic E-state index is -3.95. The summed E-state index contributed by atoms with van der Waals surface area (Å²) in [5.74, 6) is -0.704. The van der Waals surface area contributed by atoms with Gasteiger partial charge < -0.3 is 14.8 Å². The Morgan fingerprint density at radius 2 is 1.66 bits per heavy atom. The van der Waals surface area contributed by atoms with E-state index in [2.05, 4.69) is 5.32 Å². The second-order valence-corrected chi connectivity index (χ2v) is 9.75. The van der Waals surface area contributed by atoms with E-state index in [4.69, 9.17) is 9.47 Å². The second kappa shape index (κ2) is 11.1. The Bertz CT molecular complexity index is 1290. The van der Waals surface area contributed by atoms with Gasteiger partial charge in [-0.15, -0.1) is 0 Å². The predicted octanol–water partition coefficient (Wildman–Crippen LogP) is 4.27. The van der Waals surface area contributed by atoms with Crippen LogP contribution in [0.5, 0.6) is 5.75 Å². The molecule has 8 nitrogen and oxygen atoms in total. The summed E-state index contributed by atoms with van der Waals surface area (Å²) in [6, 6.07) is 19.4. The van der Waals surface area contributed by atoms with Crippen molar-refractivity contribution >= 4 is 33.3 Å². The van der Waals surface area contributed by atoms with Crippen molar-refractivity contribution in [3.8, 4) is 5.75 Å². The van der Waals surface area contributed by atoms with Crippen LogP contribution in [-0.4, -0.2) is 40.6 Å². The molecule has 184 valence electrons. The number of nitrogens with zero attached hydrogens (tertiary/aromatic N) is 1. The topological polar surface area (TPSA) is 102 Å². The first kappa shape index (κ1) is 25.8. The third kappa shape index (κ3) is 6.19. The zero-order chi connectivity index (χ0) is 25.6. The van der Waals surface area contributed by atoms with Gasteiger partial charge in [-0.2, -0.15) is 0 Å². The van der Waals surface area contributed by atoms with Crippen molar-refractivity contribution in [1.29, 1.82) is 0 Å². The first-order chi connectivity index (χ1) is 16.6. The number of sulfonamides is 1. The maximum absolute atomic E-state index is 13.1. The lowest BCUT2D eigenvalue weighted by molar-refractivity contribution is -0.123. The van der Waals surface area contributed by atoms with Crippen LogP contribution in [0.25, 0.3) is 0 Å². The molecule has 0 saturated heterocycles. The van der Waals surface area contributed by atoms with Gasteiger partial charge in [-0.1, -0.05) is 25.1 Å². The number of ether oxygens (including phenoxy) is 2. The molecule has 1 amide bonds. The van der Waals surface area contributed by atoms with Gasteiger partial charge in [0, 0.05) is 12.7 Å². The van der Waals surface area contributed by atoms with E-state index in [-0.39, 0.29) is 10.5 Å². The largest absolute Gasteiger partial charge is 0.497 e. The number of carbonyl (C=O) groups is 2. The van der Waals surface area contributed by atoms with Gasteiger partial charge in [-0.3, -0.25) is 9.10 Å². The first-order valence-corrected chi connectivity index (χ1v) is 12.4. The number of benzene rings is 3. The third-order valence-corrected chi connectivity index (χ3v) is 7.23. The van der Waals surface area contributed by atoms with Crippen molar-refractivity contribution in [3.63, 3.8) is 0 Å². The van der Waals surface area contributed by atoms with Crippen LogP contribution in [0.4, 0.5) is 11.4 Å². The SMILES string of the molecule is CCc1ccc(NC(=O)C(C)OC(=O)c2cccc(S(=O)(=O)N(C)c3ccc(OC)cc3)c2)cc1. The fourth-order valence-electron chi connectivity index (χ4n) is 3.22. The smallest absolute Gasteiger partial charge is 0.338 e. The maximum Gasteiger partial charge on any atom is 0.338 e. The lowest BCUT2D eigenvalue weighted by atomic mass is 10.1. The summed E-state index contributed by atoms with van der Waals surface area (Å²) in [4.78, 5) is 25.0. The molecule has 0 aliphatic heterocycles. The number of methoxy groups -OCH3 is 1. The molecule has 3 rings (SSSR count). The quantitative estimate of drug-likeness (QED) is 0.444. The van der Waals surface area contributed by atoms with E-state index in [0.29, 0.717) is 17.1 Å². The molecule has 0 spiro atoms. The average molecular weight is 497 g/mol. The highest BCUT2D eigenvalue weighted by Gasteiger charge is 2.24. The molecule has 0 aromatic heterocycles. The van der Waals surface area contributed by atoms with Gasteiger partial charge in [0.2, 0.25) is 0 Å². The number of nitrogens with one attached hydrogen (secondary N) is 1. The number of anilines is 2. The van der Waals surface area contributed by atoms with Gasteiger partial charge in [0.05, 0.1) is 23.3 Å². The van der Waals surface area contributed by atoms with Gasteiger partial charge in [-0.25, -0.2) is 13.2 Å². The van der Waals surface area contributed by atoms with E-state index in [1.54, 1.807) is 36.4 Å². The number of amides is 1. The number of esters is 1. The number of aryl methyl sites for hydroxylation is 1. The molecular formula is C26H28N2O6S. The highest BCUT2D eigenvalue weighted by molar-refractivity contribution is 7.92. The van der Waals surface area contributed by atoms with Crippen molar-refractivity contribution in [2.45, 2.75) is 31.3 Å². The molecule has 35 heavy (non-hydrogen) atoms. The molecule has 0 radical (unpaired) electrons. The van der Waals surface area contributed by atoms with Crippen LogP contribution in [0.2, 0.25) is 0 Å². The zero-order valence-corrected chi connectivity index (χ0v) is 20.8. The van der Waals surface area contributed by atoms with E-state index in [1.165, 1.54) is 45.3 Å². The summed E-state index contributed by atoms with van der Waals surface area (Å²) in [5, 5.41) is 2.70. The molecule has 9 heteroatoms. The normalized spacial score (nSPS) is 11.9. The van der Waals surface area contributed by atoms with Crippen LogP contribution in [0, 0.1) is 0 Å². The fraction of sp³-hybridized carbons (Fsp3) is 0.231. The van der Waals surface area contributed by atoms with Crippen molar-refractivity contribution in [2.75, 3.05) is 23.8 Å². The van der Waals surface area contributed by atoms with E-state index in [1.807, 2.05) is 19.1 Å². The third-order valence-electron chi connectivity index (χ3n) is 5.45. The molecule has 0 saturated carbocycles. The molecule has 0 fully saturated rings. The Hall–Kier alpha value is -3.85. The highest BCUT2D eigenvalue weighted by atomic mass is 32.2. The van der Waals surface area contributed by atoms with Crippen LogP contribution >= 0.6 is 0 Å². The molecule has 0 aliphatic carbocycles. The van der Waals surface area contributed by atoms with E-state index < -0.39 is 28.0 Å². The summed E-state index contributed by atoms with van der Waals surface area (Å²) in [6.07, 6.45) is -0.206. The highest BCUT2D eigenvalue weighted by Crippen LogP contribution is 2.25. The zero-order valence-electron chi connectivity index (χ0n) is 20.0. The van der Waals surface area contributed by atoms with Crippen LogP contribution in [-0.2, 0) is 26.0 Å². The Morgan fingerprint density at radius 1 is 1.00 bits per heavy atom. The lowest BCUT2D eigenvalue weighted by Gasteiger charge is -2.20. The molecule has 0 aliphatic rings. The van der Waals surface area contributed by atoms with Gasteiger partial charge in [0.15, 0.2) is 6.10 Å². The summed E-state index contributed by atoms with van der Waals surface area (Å²) < 4.78 is 37.7. The van der Waals surface area contributed by atoms with Crippen molar-refractivity contribution < 1.29 is 27.5 Å². The van der Waals surface area contributed by atoms with Crippen LogP contribution in [0.1, 0.15) is 29.8 Å².